The van der Waals surface area contributed by atoms with Gasteiger partial charge in [-0.25, -0.2) is 8.42 Å². The van der Waals surface area contributed by atoms with Crippen LogP contribution in [-0.2, 0) is 9.84 Å². The highest BCUT2D eigenvalue weighted by Gasteiger charge is 2.33. The summed E-state index contributed by atoms with van der Waals surface area (Å²) in [6.45, 7) is 4.76. The van der Waals surface area contributed by atoms with Crippen molar-refractivity contribution in [3.05, 3.63) is 24.3 Å². The van der Waals surface area contributed by atoms with Gasteiger partial charge < -0.3 is 10.2 Å². The molecule has 25 heavy (non-hydrogen) atoms. The monoisotopic (exact) mass is 408 g/mol. The fourth-order valence-corrected chi connectivity index (χ4v) is 5.30. The molecule has 0 radical (unpaired) electrons. The lowest BCUT2D eigenvalue weighted by molar-refractivity contribution is 0.252. The van der Waals surface area contributed by atoms with Crippen molar-refractivity contribution in [2.24, 2.45) is 5.92 Å². The molecule has 0 spiro atoms. The molecule has 1 fully saturated rings. The number of sulfone groups is 1. The third-order valence-corrected chi connectivity index (χ3v) is 6.61. The molecule has 0 unspecified atom stereocenters. The number of halogens is 2. The molecular weight excluding hydrogens is 386 g/mol. The van der Waals surface area contributed by atoms with E-state index in [2.05, 4.69) is 19.2 Å². The summed E-state index contributed by atoms with van der Waals surface area (Å²) in [6.07, 6.45) is 0.570. The average Bonchev–Trinajstić information content (AvgIpc) is 2.86. The first kappa shape index (κ1) is 20.4. The molecule has 0 aliphatic carbocycles. The van der Waals surface area contributed by atoms with E-state index >= 15 is 0 Å². The number of hydrogen-bond acceptors (Lipinski definition) is 4. The van der Waals surface area contributed by atoms with Gasteiger partial charge in [0.1, 0.15) is 0 Å². The molecule has 1 aliphatic heterocycles. The molecule has 1 N–H and O–H groups in total. The van der Waals surface area contributed by atoms with Gasteiger partial charge >= 0.3 is 0 Å². The molecule has 0 amide bonds. The highest BCUT2D eigenvalue weighted by atomic mass is 32.2. The number of hydrogen-bond donors (Lipinski definition) is 1. The largest absolute Gasteiger partial charge is 0.345 e. The number of anilines is 1. The zero-order valence-corrected chi connectivity index (χ0v) is 16.6. The summed E-state index contributed by atoms with van der Waals surface area (Å²) in [5, 5.41) is 3.56. The number of benzene rings is 1. The molecule has 1 aromatic rings. The topological polar surface area (TPSA) is 49.4 Å². The maximum Gasteiger partial charge on any atom is 0.288 e. The Morgan fingerprint density at radius 1 is 1.36 bits per heavy atom. The number of nitrogens with one attached hydrogen (secondary N) is 1. The van der Waals surface area contributed by atoms with Crippen LogP contribution in [-0.4, -0.2) is 48.3 Å². The minimum Gasteiger partial charge on any atom is -0.345 e. The molecule has 1 aliphatic rings. The summed E-state index contributed by atoms with van der Waals surface area (Å²) in [5.41, 5.74) is 0.693. The van der Waals surface area contributed by atoms with Gasteiger partial charge in [0.25, 0.3) is 5.76 Å². The predicted molar refractivity (Wildman–Crippen MR) is 103 cm³/mol. The molecule has 4 nitrogen and oxygen atoms in total. The van der Waals surface area contributed by atoms with E-state index in [1.54, 1.807) is 24.3 Å². The van der Waals surface area contributed by atoms with E-state index in [0.29, 0.717) is 46.3 Å². The standard InChI is InChI=1S/C16H22F2N2O2S3/c1-11(2)9-20(13-7-8-25(21,22)10-13)16(23)19-12-3-5-14(6-4-12)24-15(17)18/h3-6,11,13,15H,7-10H2,1-2H3,(H,19,23)/t13-/m0/s1. The molecule has 2 rings (SSSR count). The molecule has 0 bridgehead atoms. The zero-order chi connectivity index (χ0) is 18.6. The van der Waals surface area contributed by atoms with Crippen LogP contribution in [0.4, 0.5) is 14.5 Å². The number of nitrogens with zero attached hydrogens (tertiary/aromatic N) is 1. The molecule has 9 heteroatoms. The molecule has 0 aromatic heterocycles. The minimum atomic E-state index is -3.00. The third kappa shape index (κ3) is 6.38. The Labute approximate surface area is 157 Å². The first-order valence-corrected chi connectivity index (χ1v) is 11.1. The van der Waals surface area contributed by atoms with Gasteiger partial charge in [0, 0.05) is 23.2 Å². The Hall–Kier alpha value is -0.930. The van der Waals surface area contributed by atoms with Gasteiger partial charge in [-0.1, -0.05) is 25.6 Å². The Morgan fingerprint density at radius 2 is 2.00 bits per heavy atom. The Kier molecular flexibility index (Phi) is 7.04. The van der Waals surface area contributed by atoms with E-state index in [-0.39, 0.29) is 17.5 Å². The summed E-state index contributed by atoms with van der Waals surface area (Å²) in [6, 6.07) is 6.47. The lowest BCUT2D eigenvalue weighted by Crippen LogP contribution is -2.45. The summed E-state index contributed by atoms with van der Waals surface area (Å²) in [5.74, 6) is -1.82. The van der Waals surface area contributed by atoms with Crippen LogP contribution in [0.1, 0.15) is 20.3 Å². The van der Waals surface area contributed by atoms with Crippen molar-refractivity contribution in [3.63, 3.8) is 0 Å². The van der Waals surface area contributed by atoms with Crippen molar-refractivity contribution in [1.29, 1.82) is 0 Å². The molecule has 0 saturated carbocycles. The van der Waals surface area contributed by atoms with Crippen LogP contribution in [0.5, 0.6) is 0 Å². The van der Waals surface area contributed by atoms with Crippen LogP contribution in [0.25, 0.3) is 0 Å². The molecule has 140 valence electrons. The van der Waals surface area contributed by atoms with Crippen LogP contribution < -0.4 is 5.32 Å². The number of thiocarbonyl (C=S) groups is 1. The number of thioether (sulfide) groups is 1. The van der Waals surface area contributed by atoms with Crippen LogP contribution in [0.3, 0.4) is 0 Å². The molecular formula is C16H22F2N2O2S3. The second-order valence-corrected chi connectivity index (χ2v) is 10.1. The van der Waals surface area contributed by atoms with Crippen molar-refractivity contribution in [1.82, 2.24) is 4.90 Å². The second kappa shape index (κ2) is 8.64. The number of rotatable bonds is 6. The van der Waals surface area contributed by atoms with Crippen LogP contribution in [0.2, 0.25) is 0 Å². The Balaban J connectivity index is 2.06. The third-order valence-electron chi connectivity index (χ3n) is 3.80. The zero-order valence-electron chi connectivity index (χ0n) is 14.1. The smallest absolute Gasteiger partial charge is 0.288 e. The maximum absolute atomic E-state index is 12.4. The van der Waals surface area contributed by atoms with E-state index in [1.807, 2.05) is 4.90 Å². The van der Waals surface area contributed by atoms with Gasteiger partial charge in [0.2, 0.25) is 0 Å². The Bertz CT molecular complexity index is 694. The summed E-state index contributed by atoms with van der Waals surface area (Å²) in [4.78, 5) is 2.42. The quantitative estimate of drug-likeness (QED) is 0.570. The normalized spacial score (nSPS) is 19.4. The van der Waals surface area contributed by atoms with E-state index in [4.69, 9.17) is 12.2 Å². The lowest BCUT2D eigenvalue weighted by atomic mass is 10.1. The van der Waals surface area contributed by atoms with Crippen molar-refractivity contribution >= 4 is 44.6 Å². The van der Waals surface area contributed by atoms with Gasteiger partial charge in [-0.15, -0.1) is 0 Å². The van der Waals surface area contributed by atoms with Crippen molar-refractivity contribution in [2.75, 3.05) is 23.4 Å². The summed E-state index contributed by atoms with van der Waals surface area (Å²) >= 11 is 5.97. The molecule has 1 heterocycles. The summed E-state index contributed by atoms with van der Waals surface area (Å²) < 4.78 is 48.3. The van der Waals surface area contributed by atoms with Crippen LogP contribution >= 0.6 is 24.0 Å². The fraction of sp³-hybridized carbons (Fsp3) is 0.562. The second-order valence-electron chi connectivity index (χ2n) is 6.44. The van der Waals surface area contributed by atoms with Crippen molar-refractivity contribution < 1.29 is 17.2 Å². The lowest BCUT2D eigenvalue weighted by Gasteiger charge is -2.32. The maximum atomic E-state index is 12.4. The highest BCUT2D eigenvalue weighted by Crippen LogP contribution is 2.26. The van der Waals surface area contributed by atoms with Gasteiger partial charge in [0.15, 0.2) is 14.9 Å². The summed E-state index contributed by atoms with van der Waals surface area (Å²) in [7, 11) is -3.00. The van der Waals surface area contributed by atoms with Gasteiger partial charge in [-0.2, -0.15) is 8.78 Å². The van der Waals surface area contributed by atoms with Gasteiger partial charge in [0.05, 0.1) is 11.5 Å². The van der Waals surface area contributed by atoms with E-state index in [9.17, 15) is 17.2 Å². The molecule has 1 aromatic carbocycles. The fourth-order valence-electron chi connectivity index (χ4n) is 2.73. The van der Waals surface area contributed by atoms with Crippen LogP contribution in [0.15, 0.2) is 29.2 Å². The highest BCUT2D eigenvalue weighted by molar-refractivity contribution is 7.99. The number of alkyl halides is 2. The SMILES string of the molecule is CC(C)CN(C(=S)Nc1ccc(SC(F)F)cc1)[C@H]1CCS(=O)(=O)C1. The van der Waals surface area contributed by atoms with E-state index in [0.717, 1.165) is 0 Å². The van der Waals surface area contributed by atoms with Gasteiger partial charge in [-0.3, -0.25) is 0 Å². The first-order valence-electron chi connectivity index (χ1n) is 7.99. The van der Waals surface area contributed by atoms with E-state index in [1.165, 1.54) is 0 Å². The first-order chi connectivity index (χ1) is 11.7. The average molecular weight is 409 g/mol. The van der Waals surface area contributed by atoms with Crippen molar-refractivity contribution in [3.8, 4) is 0 Å². The Morgan fingerprint density at radius 3 is 2.48 bits per heavy atom. The van der Waals surface area contributed by atoms with Gasteiger partial charge in [-0.05, 0) is 48.8 Å². The predicted octanol–water partition coefficient (Wildman–Crippen LogP) is 3.84. The molecule has 1 atom stereocenters. The minimum absolute atomic E-state index is 0.117. The van der Waals surface area contributed by atoms with Crippen molar-refractivity contribution in [2.45, 2.75) is 37.0 Å². The van der Waals surface area contributed by atoms with E-state index < -0.39 is 15.6 Å². The molecule has 1 saturated heterocycles. The van der Waals surface area contributed by atoms with Crippen LogP contribution in [0, 0.1) is 5.92 Å².